The van der Waals surface area contributed by atoms with Crippen LogP contribution in [0.2, 0.25) is 0 Å². The Hall–Kier alpha value is -2.57. The molecule has 0 fully saturated rings. The van der Waals surface area contributed by atoms with E-state index in [1.165, 1.54) is 31.2 Å². The number of nitrogens with zero attached hydrogens (tertiary/aromatic N) is 1. The molecule has 0 aliphatic carbocycles. The smallest absolute Gasteiger partial charge is 0.416 e. The summed E-state index contributed by atoms with van der Waals surface area (Å²) in [6.45, 7) is 1.38. The van der Waals surface area contributed by atoms with E-state index >= 15 is 0 Å². The Labute approximate surface area is 118 Å². The largest absolute Gasteiger partial charge is 0.478 e. The van der Waals surface area contributed by atoms with Crippen molar-refractivity contribution < 1.29 is 23.1 Å². The van der Waals surface area contributed by atoms with Gasteiger partial charge in [0.2, 0.25) is 0 Å². The van der Waals surface area contributed by atoms with Crippen LogP contribution < -0.4 is 5.32 Å². The number of anilines is 2. The first-order chi connectivity index (χ1) is 9.77. The van der Waals surface area contributed by atoms with Crippen LogP contribution in [0.15, 0.2) is 36.5 Å². The lowest BCUT2D eigenvalue weighted by Crippen LogP contribution is -2.08. The molecule has 0 radical (unpaired) electrons. The molecule has 0 bridgehead atoms. The number of benzene rings is 1. The Morgan fingerprint density at radius 2 is 1.95 bits per heavy atom. The fraction of sp³-hybridized carbons (Fsp3) is 0.143. The molecule has 0 saturated carbocycles. The monoisotopic (exact) mass is 296 g/mol. The summed E-state index contributed by atoms with van der Waals surface area (Å²) in [5, 5.41) is 11.4. The van der Waals surface area contributed by atoms with Crippen molar-refractivity contribution >= 4 is 17.5 Å². The van der Waals surface area contributed by atoms with Crippen LogP contribution in [0.5, 0.6) is 0 Å². The van der Waals surface area contributed by atoms with Gasteiger partial charge in [-0.25, -0.2) is 9.78 Å². The number of carboxylic acids is 1. The lowest BCUT2D eigenvalue weighted by Gasteiger charge is -2.13. The van der Waals surface area contributed by atoms with Gasteiger partial charge in [-0.05, 0) is 36.8 Å². The minimum absolute atomic E-state index is 0.000404. The number of aromatic carboxylic acids is 1. The van der Waals surface area contributed by atoms with Crippen LogP contribution in [0.1, 0.15) is 21.5 Å². The number of rotatable bonds is 3. The molecule has 4 nitrogen and oxygen atoms in total. The number of carbonyl (C=O) groups is 1. The van der Waals surface area contributed by atoms with E-state index in [1.807, 2.05) is 0 Å². The molecule has 2 aromatic rings. The quantitative estimate of drug-likeness (QED) is 0.903. The lowest BCUT2D eigenvalue weighted by molar-refractivity contribution is -0.138. The Morgan fingerprint density at radius 3 is 2.48 bits per heavy atom. The predicted octanol–water partition coefficient (Wildman–Crippen LogP) is 3.85. The Bertz CT molecular complexity index is 667. The zero-order valence-electron chi connectivity index (χ0n) is 10.9. The van der Waals surface area contributed by atoms with Crippen LogP contribution >= 0.6 is 0 Å². The minimum atomic E-state index is -4.43. The maximum absolute atomic E-state index is 12.8. The average Bonchev–Trinajstić information content (AvgIpc) is 2.40. The highest BCUT2D eigenvalue weighted by Crippen LogP contribution is 2.33. The zero-order chi connectivity index (χ0) is 15.6. The van der Waals surface area contributed by atoms with Gasteiger partial charge in [0, 0.05) is 11.9 Å². The fourth-order valence-electron chi connectivity index (χ4n) is 1.75. The van der Waals surface area contributed by atoms with E-state index in [2.05, 4.69) is 10.3 Å². The number of carboxylic acid groups (broad SMARTS) is 1. The number of hydrogen-bond acceptors (Lipinski definition) is 3. The predicted molar refractivity (Wildman–Crippen MR) is 70.7 cm³/mol. The number of hydrogen-bond donors (Lipinski definition) is 2. The van der Waals surface area contributed by atoms with E-state index in [9.17, 15) is 18.0 Å². The maximum Gasteiger partial charge on any atom is 0.416 e. The molecule has 0 saturated heterocycles. The first-order valence-corrected chi connectivity index (χ1v) is 5.91. The molecule has 0 unspecified atom stereocenters. The van der Waals surface area contributed by atoms with Crippen molar-refractivity contribution in [2.24, 2.45) is 0 Å². The summed E-state index contributed by atoms with van der Waals surface area (Å²) < 4.78 is 38.4. The summed E-state index contributed by atoms with van der Waals surface area (Å²) in [7, 11) is 0. The van der Waals surface area contributed by atoms with Gasteiger partial charge < -0.3 is 10.4 Å². The highest BCUT2D eigenvalue weighted by Gasteiger charge is 2.32. The van der Waals surface area contributed by atoms with Gasteiger partial charge in [-0.2, -0.15) is 13.2 Å². The van der Waals surface area contributed by atoms with Crippen molar-refractivity contribution in [3.8, 4) is 0 Å². The molecule has 0 spiro atoms. The van der Waals surface area contributed by atoms with E-state index in [0.29, 0.717) is 0 Å². The molecule has 21 heavy (non-hydrogen) atoms. The van der Waals surface area contributed by atoms with E-state index in [0.717, 1.165) is 12.3 Å². The molecule has 0 aliphatic rings. The van der Waals surface area contributed by atoms with Crippen LogP contribution in [-0.4, -0.2) is 16.1 Å². The summed E-state index contributed by atoms with van der Waals surface area (Å²) in [5.74, 6) is -0.860. The van der Waals surface area contributed by atoms with Crippen LogP contribution in [-0.2, 0) is 6.18 Å². The molecule has 7 heteroatoms. The lowest BCUT2D eigenvalue weighted by atomic mass is 10.1. The first-order valence-electron chi connectivity index (χ1n) is 5.91. The number of alkyl halides is 3. The second-order valence-corrected chi connectivity index (χ2v) is 4.39. The SMILES string of the molecule is Cc1ccc(Nc2ccc(C(=O)O)cn2)cc1C(F)(F)F. The zero-order valence-corrected chi connectivity index (χ0v) is 10.9. The molecule has 1 heterocycles. The molecule has 1 aromatic carbocycles. The minimum Gasteiger partial charge on any atom is -0.478 e. The van der Waals surface area contributed by atoms with Crippen molar-refractivity contribution in [2.75, 3.05) is 5.32 Å². The number of aryl methyl sites for hydroxylation is 1. The second kappa shape index (κ2) is 5.43. The molecule has 0 aliphatic heterocycles. The van der Waals surface area contributed by atoms with Gasteiger partial charge in [0.05, 0.1) is 11.1 Å². The number of nitrogens with one attached hydrogen (secondary N) is 1. The van der Waals surface area contributed by atoms with Crippen molar-refractivity contribution in [3.63, 3.8) is 0 Å². The van der Waals surface area contributed by atoms with Crippen LogP contribution in [0.4, 0.5) is 24.7 Å². The Morgan fingerprint density at radius 1 is 1.24 bits per heavy atom. The summed E-state index contributed by atoms with van der Waals surface area (Å²) in [6, 6.07) is 6.54. The van der Waals surface area contributed by atoms with Gasteiger partial charge in [-0.15, -0.1) is 0 Å². The molecule has 0 atom stereocenters. The van der Waals surface area contributed by atoms with Crippen molar-refractivity contribution in [1.82, 2.24) is 4.98 Å². The van der Waals surface area contributed by atoms with Crippen molar-refractivity contribution in [3.05, 3.63) is 53.2 Å². The fourth-order valence-corrected chi connectivity index (χ4v) is 1.75. The highest BCUT2D eigenvalue weighted by atomic mass is 19.4. The van der Waals surface area contributed by atoms with Gasteiger partial charge >= 0.3 is 12.1 Å². The van der Waals surface area contributed by atoms with E-state index < -0.39 is 17.7 Å². The van der Waals surface area contributed by atoms with E-state index in [-0.39, 0.29) is 22.6 Å². The molecular formula is C14H11F3N2O2. The maximum atomic E-state index is 12.8. The Kier molecular flexibility index (Phi) is 3.84. The third-order valence-electron chi connectivity index (χ3n) is 2.83. The van der Waals surface area contributed by atoms with Gasteiger partial charge in [0.25, 0.3) is 0 Å². The second-order valence-electron chi connectivity index (χ2n) is 4.39. The number of aromatic nitrogens is 1. The first kappa shape index (κ1) is 14.8. The third kappa shape index (κ3) is 3.50. The average molecular weight is 296 g/mol. The van der Waals surface area contributed by atoms with E-state index in [4.69, 9.17) is 5.11 Å². The highest BCUT2D eigenvalue weighted by molar-refractivity contribution is 5.87. The Balaban J connectivity index is 2.26. The standard InChI is InChI=1S/C14H11F3N2O2/c1-8-2-4-10(6-11(8)14(15,16)17)19-12-5-3-9(7-18-12)13(20)21/h2-7H,1H3,(H,18,19)(H,20,21). The van der Waals surface area contributed by atoms with Gasteiger partial charge in [-0.3, -0.25) is 0 Å². The third-order valence-corrected chi connectivity index (χ3v) is 2.83. The topological polar surface area (TPSA) is 62.2 Å². The molecule has 1 aromatic heterocycles. The van der Waals surface area contributed by atoms with Gasteiger partial charge in [-0.1, -0.05) is 6.07 Å². The van der Waals surface area contributed by atoms with Gasteiger partial charge in [0.15, 0.2) is 0 Å². The summed E-state index contributed by atoms with van der Waals surface area (Å²) in [6.07, 6.45) is -3.30. The van der Waals surface area contributed by atoms with Crippen molar-refractivity contribution in [1.29, 1.82) is 0 Å². The molecule has 110 valence electrons. The van der Waals surface area contributed by atoms with Crippen molar-refractivity contribution in [2.45, 2.75) is 13.1 Å². The number of halogens is 3. The number of pyridine rings is 1. The normalized spacial score (nSPS) is 11.2. The van der Waals surface area contributed by atoms with Gasteiger partial charge in [0.1, 0.15) is 5.82 Å². The van der Waals surface area contributed by atoms with Crippen LogP contribution in [0.3, 0.4) is 0 Å². The summed E-state index contributed by atoms with van der Waals surface area (Å²) >= 11 is 0. The summed E-state index contributed by atoms with van der Waals surface area (Å²) in [4.78, 5) is 14.5. The van der Waals surface area contributed by atoms with Crippen LogP contribution in [0.25, 0.3) is 0 Å². The summed E-state index contributed by atoms with van der Waals surface area (Å²) in [5.41, 5.74) is -0.374. The molecule has 2 rings (SSSR count). The molecule has 2 N–H and O–H groups in total. The van der Waals surface area contributed by atoms with E-state index in [1.54, 1.807) is 0 Å². The molecule has 0 amide bonds. The van der Waals surface area contributed by atoms with Crippen LogP contribution in [0, 0.1) is 6.92 Å². The molecular weight excluding hydrogens is 285 g/mol.